The maximum Gasteiger partial charge on any atom is 0.0426 e. The summed E-state index contributed by atoms with van der Waals surface area (Å²) in [7, 11) is 0. The van der Waals surface area contributed by atoms with Crippen LogP contribution in [-0.2, 0) is 0 Å². The first-order chi connectivity index (χ1) is 3.72. The molecule has 0 fully saturated rings. The first-order valence-electron chi connectivity index (χ1n) is 2.15. The molecule has 0 rings (SSSR count). The van der Waals surface area contributed by atoms with Crippen LogP contribution in [0, 0.1) is 0 Å². The van der Waals surface area contributed by atoms with E-state index >= 15 is 0 Å². The second kappa shape index (κ2) is 4.97. The standard InChI is InChI=1S/C4H8S4/c5-1-3(7)4(8)2-6/h3,5-7H,1-2H2. The topological polar surface area (TPSA) is 0 Å². The molecule has 0 saturated heterocycles. The van der Waals surface area contributed by atoms with Crippen LogP contribution in [0.4, 0.5) is 0 Å². The predicted octanol–water partition coefficient (Wildman–Crippen LogP) is 1.51. The molecule has 4 heteroatoms. The number of thiol groups is 3. The molecule has 1 atom stereocenters. The Kier molecular flexibility index (Phi) is 5.68. The van der Waals surface area contributed by atoms with Crippen LogP contribution in [0.3, 0.4) is 0 Å². The molecule has 1 unspecified atom stereocenters. The summed E-state index contributed by atoms with van der Waals surface area (Å²) in [6, 6.07) is 0. The van der Waals surface area contributed by atoms with Crippen molar-refractivity contribution in [3.05, 3.63) is 0 Å². The van der Waals surface area contributed by atoms with Gasteiger partial charge in [0.15, 0.2) is 0 Å². The number of hydrogen-bond donors (Lipinski definition) is 3. The number of hydrogen-bond acceptors (Lipinski definition) is 4. The lowest BCUT2D eigenvalue weighted by molar-refractivity contribution is 1.38. The van der Waals surface area contributed by atoms with Crippen molar-refractivity contribution in [3.8, 4) is 0 Å². The third-order valence-corrected chi connectivity index (χ3v) is 3.01. The molecule has 0 aromatic rings. The van der Waals surface area contributed by atoms with Crippen LogP contribution in [-0.4, -0.2) is 21.6 Å². The van der Waals surface area contributed by atoms with E-state index in [1.165, 1.54) is 0 Å². The molecule has 0 bridgehead atoms. The highest BCUT2D eigenvalue weighted by Gasteiger charge is 2.03. The van der Waals surface area contributed by atoms with Crippen molar-refractivity contribution in [2.75, 3.05) is 11.5 Å². The SMILES string of the molecule is S=C(CS)C(S)CS. The summed E-state index contributed by atoms with van der Waals surface area (Å²) in [4.78, 5) is 0.867. The lowest BCUT2D eigenvalue weighted by atomic mass is 10.4. The lowest BCUT2D eigenvalue weighted by Crippen LogP contribution is -2.14. The van der Waals surface area contributed by atoms with Gasteiger partial charge in [-0.25, -0.2) is 0 Å². The van der Waals surface area contributed by atoms with Crippen molar-refractivity contribution in [1.82, 2.24) is 0 Å². The zero-order valence-electron chi connectivity index (χ0n) is 4.24. The highest BCUT2D eigenvalue weighted by molar-refractivity contribution is 7.90. The third-order valence-electron chi connectivity index (χ3n) is 0.700. The lowest BCUT2D eigenvalue weighted by Gasteiger charge is -2.04. The van der Waals surface area contributed by atoms with E-state index in [-0.39, 0.29) is 5.25 Å². The fourth-order valence-electron chi connectivity index (χ4n) is 0.207. The van der Waals surface area contributed by atoms with Gasteiger partial charge >= 0.3 is 0 Å². The summed E-state index contributed by atoms with van der Waals surface area (Å²) in [5.41, 5.74) is 0. The Morgan fingerprint density at radius 1 is 1.50 bits per heavy atom. The van der Waals surface area contributed by atoms with Crippen molar-refractivity contribution in [2.45, 2.75) is 5.25 Å². The van der Waals surface area contributed by atoms with Crippen LogP contribution < -0.4 is 0 Å². The van der Waals surface area contributed by atoms with E-state index in [4.69, 9.17) is 12.2 Å². The van der Waals surface area contributed by atoms with Crippen LogP contribution in [0.5, 0.6) is 0 Å². The normalized spacial score (nSPS) is 13.4. The van der Waals surface area contributed by atoms with Crippen molar-refractivity contribution in [1.29, 1.82) is 0 Å². The summed E-state index contributed by atoms with van der Waals surface area (Å²) >= 11 is 17.0. The summed E-state index contributed by atoms with van der Waals surface area (Å²) in [6.07, 6.45) is 0. The molecule has 0 spiro atoms. The molecular weight excluding hydrogens is 176 g/mol. The van der Waals surface area contributed by atoms with Gasteiger partial charge in [0.05, 0.1) is 0 Å². The minimum atomic E-state index is 0.130. The smallest absolute Gasteiger partial charge is 0.0426 e. The first kappa shape index (κ1) is 9.14. The van der Waals surface area contributed by atoms with E-state index in [0.717, 1.165) is 4.86 Å². The van der Waals surface area contributed by atoms with Gasteiger partial charge in [-0.05, 0) is 0 Å². The van der Waals surface area contributed by atoms with Crippen LogP contribution in [0.1, 0.15) is 0 Å². The highest BCUT2D eigenvalue weighted by Crippen LogP contribution is 2.01. The predicted molar refractivity (Wildman–Crippen MR) is 53.1 cm³/mol. The Labute approximate surface area is 71.7 Å². The average molecular weight is 184 g/mol. The zero-order valence-corrected chi connectivity index (χ0v) is 7.74. The van der Waals surface area contributed by atoms with Crippen LogP contribution in [0.2, 0.25) is 0 Å². The summed E-state index contributed by atoms with van der Waals surface area (Å²) < 4.78 is 0. The second-order valence-corrected chi connectivity index (χ2v) is 3.15. The van der Waals surface area contributed by atoms with Crippen LogP contribution in [0.25, 0.3) is 0 Å². The molecule has 0 saturated carbocycles. The maximum absolute atomic E-state index is 4.88. The summed E-state index contributed by atoms with van der Waals surface area (Å²) in [5, 5.41) is 0.130. The fraction of sp³-hybridized carbons (Fsp3) is 0.750. The van der Waals surface area contributed by atoms with Gasteiger partial charge in [-0.2, -0.15) is 37.9 Å². The van der Waals surface area contributed by atoms with E-state index in [2.05, 4.69) is 37.9 Å². The van der Waals surface area contributed by atoms with Crippen molar-refractivity contribution < 1.29 is 0 Å². The molecule has 0 nitrogen and oxygen atoms in total. The maximum atomic E-state index is 4.88. The molecule has 0 aromatic heterocycles. The Morgan fingerprint density at radius 3 is 2.12 bits per heavy atom. The molecule has 0 aliphatic heterocycles. The van der Waals surface area contributed by atoms with Gasteiger partial charge < -0.3 is 0 Å². The van der Waals surface area contributed by atoms with Gasteiger partial charge in [0, 0.05) is 21.6 Å². The quantitative estimate of drug-likeness (QED) is 0.441. The molecule has 48 valence electrons. The first-order valence-corrected chi connectivity index (χ1v) is 4.33. The average Bonchev–Trinajstić information content (AvgIpc) is 1.84. The van der Waals surface area contributed by atoms with E-state index in [1.54, 1.807) is 0 Å². The van der Waals surface area contributed by atoms with E-state index in [9.17, 15) is 0 Å². The van der Waals surface area contributed by atoms with Gasteiger partial charge in [-0.3, -0.25) is 0 Å². The Morgan fingerprint density at radius 2 is 2.00 bits per heavy atom. The van der Waals surface area contributed by atoms with Gasteiger partial charge in [-0.1, -0.05) is 12.2 Å². The van der Waals surface area contributed by atoms with Crippen molar-refractivity contribution in [3.63, 3.8) is 0 Å². The van der Waals surface area contributed by atoms with Gasteiger partial charge in [0.25, 0.3) is 0 Å². The molecule has 0 aliphatic rings. The molecule has 8 heavy (non-hydrogen) atoms. The van der Waals surface area contributed by atoms with Crippen molar-refractivity contribution >= 4 is 55.0 Å². The molecule has 0 radical (unpaired) electrons. The van der Waals surface area contributed by atoms with E-state index in [0.29, 0.717) is 11.5 Å². The van der Waals surface area contributed by atoms with Gasteiger partial charge in [0.1, 0.15) is 0 Å². The second-order valence-electron chi connectivity index (χ2n) is 1.32. The minimum absolute atomic E-state index is 0.130. The molecule has 0 aliphatic carbocycles. The molecular formula is C4H8S4. The fourth-order valence-corrected chi connectivity index (χ4v) is 1.09. The zero-order chi connectivity index (χ0) is 6.57. The van der Waals surface area contributed by atoms with Crippen LogP contribution in [0.15, 0.2) is 0 Å². The highest BCUT2D eigenvalue weighted by atomic mass is 32.1. The Balaban J connectivity index is 3.46. The molecule has 0 amide bonds. The summed E-state index contributed by atoms with van der Waals surface area (Å²) in [5.74, 6) is 1.33. The molecule has 0 N–H and O–H groups in total. The molecule has 0 heterocycles. The number of rotatable bonds is 3. The Bertz CT molecular complexity index is 80.1. The van der Waals surface area contributed by atoms with Gasteiger partial charge in [0.2, 0.25) is 0 Å². The molecule has 0 aromatic carbocycles. The van der Waals surface area contributed by atoms with Crippen LogP contribution >= 0.6 is 50.1 Å². The summed E-state index contributed by atoms with van der Waals surface area (Å²) in [6.45, 7) is 0. The van der Waals surface area contributed by atoms with Gasteiger partial charge in [-0.15, -0.1) is 0 Å². The third kappa shape index (κ3) is 3.22. The van der Waals surface area contributed by atoms with E-state index in [1.807, 2.05) is 0 Å². The minimum Gasteiger partial charge on any atom is -0.178 e. The largest absolute Gasteiger partial charge is 0.178 e. The number of thiocarbonyl (C=S) groups is 1. The van der Waals surface area contributed by atoms with E-state index < -0.39 is 0 Å². The van der Waals surface area contributed by atoms with Crippen molar-refractivity contribution in [2.24, 2.45) is 0 Å². The monoisotopic (exact) mass is 184 g/mol. The Hall–Kier alpha value is 1.14.